The SMILES string of the molecule is O=C(c1nc(-c2ccccc2)n(-c2ccccc2)n1)N1CCN(C(=O)c2ccc(F)cc2Cl)CC1. The van der Waals surface area contributed by atoms with Crippen LogP contribution in [0.3, 0.4) is 0 Å². The van der Waals surface area contributed by atoms with Gasteiger partial charge in [-0.15, -0.1) is 5.10 Å². The molecule has 4 aromatic rings. The molecule has 1 aliphatic heterocycles. The van der Waals surface area contributed by atoms with Crippen molar-refractivity contribution in [3.63, 3.8) is 0 Å². The summed E-state index contributed by atoms with van der Waals surface area (Å²) >= 11 is 6.05. The zero-order valence-electron chi connectivity index (χ0n) is 18.6. The van der Waals surface area contributed by atoms with Gasteiger partial charge in [0.1, 0.15) is 5.82 Å². The Morgan fingerprint density at radius 1 is 0.800 bits per heavy atom. The van der Waals surface area contributed by atoms with E-state index in [0.717, 1.165) is 17.3 Å². The van der Waals surface area contributed by atoms with Crippen LogP contribution < -0.4 is 0 Å². The molecule has 0 aliphatic carbocycles. The van der Waals surface area contributed by atoms with Gasteiger partial charge in [-0.3, -0.25) is 9.59 Å². The highest BCUT2D eigenvalue weighted by Gasteiger charge is 2.29. The first-order valence-electron chi connectivity index (χ1n) is 11.1. The number of rotatable bonds is 4. The molecule has 1 fully saturated rings. The minimum absolute atomic E-state index is 0.0672. The van der Waals surface area contributed by atoms with Gasteiger partial charge >= 0.3 is 0 Å². The number of halogens is 2. The van der Waals surface area contributed by atoms with E-state index < -0.39 is 5.82 Å². The molecule has 0 radical (unpaired) electrons. The monoisotopic (exact) mass is 489 g/mol. The molecule has 35 heavy (non-hydrogen) atoms. The number of hydrogen-bond acceptors (Lipinski definition) is 4. The molecule has 2 amide bonds. The van der Waals surface area contributed by atoms with Gasteiger partial charge in [0, 0.05) is 31.7 Å². The highest BCUT2D eigenvalue weighted by atomic mass is 35.5. The largest absolute Gasteiger partial charge is 0.335 e. The Balaban J connectivity index is 1.35. The number of carbonyl (C=O) groups is 2. The summed E-state index contributed by atoms with van der Waals surface area (Å²) in [7, 11) is 0. The van der Waals surface area contributed by atoms with Crippen molar-refractivity contribution in [2.75, 3.05) is 26.2 Å². The summed E-state index contributed by atoms with van der Waals surface area (Å²) in [5, 5.41) is 4.60. The van der Waals surface area contributed by atoms with Crippen LogP contribution in [0.5, 0.6) is 0 Å². The van der Waals surface area contributed by atoms with Crippen LogP contribution in [0.25, 0.3) is 17.1 Å². The lowest BCUT2D eigenvalue weighted by Crippen LogP contribution is -2.50. The quantitative estimate of drug-likeness (QED) is 0.428. The van der Waals surface area contributed by atoms with Crippen molar-refractivity contribution in [3.05, 3.63) is 101 Å². The number of aromatic nitrogens is 3. The smallest absolute Gasteiger partial charge is 0.293 e. The number of nitrogens with zero attached hydrogens (tertiary/aromatic N) is 5. The predicted molar refractivity (Wildman–Crippen MR) is 130 cm³/mol. The molecular formula is C26H21ClFN5O2. The first kappa shape index (κ1) is 22.7. The summed E-state index contributed by atoms with van der Waals surface area (Å²) in [4.78, 5) is 33.9. The fourth-order valence-corrected chi connectivity index (χ4v) is 4.26. The highest BCUT2D eigenvalue weighted by Crippen LogP contribution is 2.23. The van der Waals surface area contributed by atoms with Gasteiger partial charge in [0.25, 0.3) is 11.8 Å². The number of para-hydroxylation sites is 1. The van der Waals surface area contributed by atoms with Crippen molar-refractivity contribution >= 4 is 23.4 Å². The normalized spacial score (nSPS) is 13.7. The summed E-state index contributed by atoms with van der Waals surface area (Å²) in [5.74, 6) is -0.433. The minimum Gasteiger partial charge on any atom is -0.335 e. The van der Waals surface area contributed by atoms with Crippen molar-refractivity contribution in [1.82, 2.24) is 24.6 Å². The van der Waals surface area contributed by atoms with Crippen LogP contribution in [0, 0.1) is 5.82 Å². The molecule has 0 bridgehead atoms. The second kappa shape index (κ2) is 9.68. The molecule has 3 aromatic carbocycles. The van der Waals surface area contributed by atoms with Gasteiger partial charge in [-0.25, -0.2) is 14.1 Å². The lowest BCUT2D eigenvalue weighted by Gasteiger charge is -2.34. The molecule has 1 aliphatic rings. The molecule has 5 rings (SSSR count). The minimum atomic E-state index is -0.501. The predicted octanol–water partition coefficient (Wildman–Crippen LogP) is 4.33. The van der Waals surface area contributed by atoms with Crippen molar-refractivity contribution in [2.24, 2.45) is 0 Å². The summed E-state index contributed by atoms with van der Waals surface area (Å²) in [6.45, 7) is 1.29. The fraction of sp³-hybridized carbons (Fsp3) is 0.154. The van der Waals surface area contributed by atoms with E-state index >= 15 is 0 Å². The molecule has 1 aromatic heterocycles. The maximum atomic E-state index is 13.3. The van der Waals surface area contributed by atoms with E-state index in [4.69, 9.17) is 11.6 Å². The van der Waals surface area contributed by atoms with Crippen molar-refractivity contribution in [2.45, 2.75) is 0 Å². The maximum Gasteiger partial charge on any atom is 0.293 e. The first-order valence-corrected chi connectivity index (χ1v) is 11.5. The molecule has 1 saturated heterocycles. The molecule has 0 saturated carbocycles. The number of amides is 2. The van der Waals surface area contributed by atoms with E-state index in [1.165, 1.54) is 12.1 Å². The number of hydrogen-bond donors (Lipinski definition) is 0. The Bertz CT molecular complexity index is 1310. The van der Waals surface area contributed by atoms with Crippen LogP contribution in [-0.2, 0) is 0 Å². The van der Waals surface area contributed by atoms with E-state index in [2.05, 4.69) is 10.1 Å². The Morgan fingerprint density at radius 3 is 2.03 bits per heavy atom. The van der Waals surface area contributed by atoms with Gasteiger partial charge in [-0.05, 0) is 30.3 Å². The maximum absolute atomic E-state index is 13.3. The van der Waals surface area contributed by atoms with Gasteiger partial charge in [-0.1, -0.05) is 60.1 Å². The molecule has 0 spiro atoms. The van der Waals surface area contributed by atoms with Crippen LogP contribution in [0.15, 0.2) is 78.9 Å². The van der Waals surface area contributed by atoms with Crippen molar-refractivity contribution in [1.29, 1.82) is 0 Å². The van der Waals surface area contributed by atoms with Crippen molar-refractivity contribution < 1.29 is 14.0 Å². The van der Waals surface area contributed by atoms with Crippen LogP contribution in [0.1, 0.15) is 21.0 Å². The highest BCUT2D eigenvalue weighted by molar-refractivity contribution is 6.33. The van der Waals surface area contributed by atoms with Gasteiger partial charge in [-0.2, -0.15) is 0 Å². The Hall–Kier alpha value is -4.04. The Morgan fingerprint density at radius 2 is 1.40 bits per heavy atom. The summed E-state index contributed by atoms with van der Waals surface area (Å²) in [5.41, 5.74) is 1.88. The standard InChI is InChI=1S/C26H21ClFN5O2/c27-22-17-19(28)11-12-21(22)25(34)31-13-15-32(16-14-31)26(35)23-29-24(18-7-3-1-4-8-18)33(30-23)20-9-5-2-6-10-20/h1-12,17H,13-16H2. The van der Waals surface area contributed by atoms with Crippen molar-refractivity contribution in [3.8, 4) is 17.1 Å². The average molecular weight is 490 g/mol. The number of carbonyl (C=O) groups excluding carboxylic acids is 2. The topological polar surface area (TPSA) is 71.3 Å². The van der Waals surface area contributed by atoms with E-state index in [0.29, 0.717) is 32.0 Å². The van der Waals surface area contributed by atoms with Gasteiger partial charge in [0.2, 0.25) is 5.82 Å². The summed E-state index contributed by atoms with van der Waals surface area (Å²) < 4.78 is 15.0. The van der Waals surface area contributed by atoms with Gasteiger partial charge in [0.05, 0.1) is 16.3 Å². The summed E-state index contributed by atoms with van der Waals surface area (Å²) in [6, 6.07) is 22.8. The molecule has 7 nitrogen and oxygen atoms in total. The molecule has 9 heteroatoms. The molecular weight excluding hydrogens is 469 g/mol. The number of benzene rings is 3. The van der Waals surface area contributed by atoms with Crippen LogP contribution in [-0.4, -0.2) is 62.6 Å². The fourth-order valence-electron chi connectivity index (χ4n) is 4.01. The Kier molecular flexibility index (Phi) is 6.29. The van der Waals surface area contributed by atoms with Crippen LogP contribution in [0.4, 0.5) is 4.39 Å². The van der Waals surface area contributed by atoms with Crippen LogP contribution >= 0.6 is 11.6 Å². The third kappa shape index (κ3) is 4.65. The zero-order chi connectivity index (χ0) is 24.4. The van der Waals surface area contributed by atoms with E-state index in [-0.39, 0.29) is 28.2 Å². The molecule has 2 heterocycles. The summed E-state index contributed by atoms with van der Waals surface area (Å²) in [6.07, 6.45) is 0. The lowest BCUT2D eigenvalue weighted by molar-refractivity contribution is 0.0529. The number of piperazine rings is 1. The molecule has 176 valence electrons. The van der Waals surface area contributed by atoms with Crippen LogP contribution in [0.2, 0.25) is 5.02 Å². The van der Waals surface area contributed by atoms with E-state index in [9.17, 15) is 14.0 Å². The van der Waals surface area contributed by atoms with E-state index in [1.54, 1.807) is 14.5 Å². The van der Waals surface area contributed by atoms with E-state index in [1.807, 2.05) is 60.7 Å². The first-order chi connectivity index (χ1) is 17.0. The van der Waals surface area contributed by atoms with Gasteiger partial charge < -0.3 is 9.80 Å². The second-order valence-corrected chi connectivity index (χ2v) is 8.49. The molecule has 0 N–H and O–H groups in total. The second-order valence-electron chi connectivity index (χ2n) is 8.08. The third-order valence-electron chi connectivity index (χ3n) is 5.85. The molecule has 0 atom stereocenters. The van der Waals surface area contributed by atoms with Gasteiger partial charge in [0.15, 0.2) is 5.82 Å². The Labute approximate surface area is 206 Å². The lowest BCUT2D eigenvalue weighted by atomic mass is 10.1. The molecule has 0 unspecified atom stereocenters. The zero-order valence-corrected chi connectivity index (χ0v) is 19.4. The third-order valence-corrected chi connectivity index (χ3v) is 6.16. The average Bonchev–Trinajstić information content (AvgIpc) is 3.35.